The lowest BCUT2D eigenvalue weighted by molar-refractivity contribution is 1.33. The molecule has 0 amide bonds. The van der Waals surface area contributed by atoms with Crippen molar-refractivity contribution in [1.29, 1.82) is 5.26 Å². The fourth-order valence-electron chi connectivity index (χ4n) is 1.59. The second-order valence-electron chi connectivity index (χ2n) is 3.48. The maximum atomic E-state index is 9.03. The number of hydrogen-bond acceptors (Lipinski definition) is 1. The molecule has 2 aromatic rings. The number of H-pyrrole nitrogens is 1. The van der Waals surface area contributed by atoms with Gasteiger partial charge in [0, 0.05) is 10.6 Å². The Hall–Kier alpha value is -1.24. The van der Waals surface area contributed by atoms with E-state index in [1.807, 2.05) is 25.1 Å². The van der Waals surface area contributed by atoms with Crippen LogP contribution in [-0.2, 0) is 0 Å². The molecule has 0 spiro atoms. The topological polar surface area (TPSA) is 39.6 Å². The van der Waals surface area contributed by atoms with Gasteiger partial charge in [-0.05, 0) is 46.6 Å². The molecule has 1 aromatic heterocycles. The number of aromatic nitrogens is 1. The lowest BCUT2D eigenvalue weighted by Gasteiger charge is -2.04. The first-order valence-corrected chi connectivity index (χ1v) is 5.84. The van der Waals surface area contributed by atoms with E-state index in [2.05, 4.69) is 27.0 Å². The van der Waals surface area contributed by atoms with Crippen molar-refractivity contribution < 1.29 is 0 Å². The maximum Gasteiger partial charge on any atom is 0.101 e. The van der Waals surface area contributed by atoms with E-state index >= 15 is 0 Å². The van der Waals surface area contributed by atoms with Gasteiger partial charge in [0.25, 0.3) is 0 Å². The summed E-state index contributed by atoms with van der Waals surface area (Å²) in [4.78, 5) is 3.12. The smallest absolute Gasteiger partial charge is 0.101 e. The number of benzene rings is 1. The van der Waals surface area contributed by atoms with Gasteiger partial charge in [-0.15, -0.1) is 0 Å². The fourth-order valence-corrected chi connectivity index (χ4v) is 2.19. The predicted octanol–water partition coefficient (Wildman–Crippen LogP) is 4.28. The Labute approximate surface area is 107 Å². The number of nitrogens with zero attached hydrogens (tertiary/aromatic N) is 1. The Morgan fingerprint density at radius 1 is 1.38 bits per heavy atom. The summed E-state index contributed by atoms with van der Waals surface area (Å²) >= 11 is 9.29. The van der Waals surface area contributed by atoms with Gasteiger partial charge in [0.05, 0.1) is 15.9 Å². The van der Waals surface area contributed by atoms with Crippen molar-refractivity contribution >= 4 is 27.5 Å². The summed E-state index contributed by atoms with van der Waals surface area (Å²) in [7, 11) is 0. The summed E-state index contributed by atoms with van der Waals surface area (Å²) in [6.07, 6.45) is 0. The largest absolute Gasteiger partial charge is 0.348 e. The standard InChI is InChI=1S/C12H8BrClN2/c1-7-2-3-9(14)5-10(7)12-8(6-15)4-11(13)16-12/h2-5,16H,1H3. The molecule has 0 aliphatic carbocycles. The molecule has 80 valence electrons. The summed E-state index contributed by atoms with van der Waals surface area (Å²) in [6, 6.07) is 9.55. The zero-order valence-corrected chi connectivity index (χ0v) is 10.9. The molecule has 0 aliphatic heterocycles. The number of rotatable bonds is 1. The molecule has 16 heavy (non-hydrogen) atoms. The molecule has 0 bridgehead atoms. The minimum Gasteiger partial charge on any atom is -0.348 e. The Morgan fingerprint density at radius 3 is 2.81 bits per heavy atom. The van der Waals surface area contributed by atoms with E-state index in [0.717, 1.165) is 21.4 Å². The van der Waals surface area contributed by atoms with Crippen LogP contribution in [-0.4, -0.2) is 4.98 Å². The van der Waals surface area contributed by atoms with E-state index < -0.39 is 0 Å². The number of hydrogen-bond donors (Lipinski definition) is 1. The molecule has 0 saturated heterocycles. The van der Waals surface area contributed by atoms with Gasteiger partial charge >= 0.3 is 0 Å². The molecule has 2 nitrogen and oxygen atoms in total. The normalized spacial score (nSPS) is 10.1. The fraction of sp³-hybridized carbons (Fsp3) is 0.0833. The first-order chi connectivity index (χ1) is 7.61. The summed E-state index contributed by atoms with van der Waals surface area (Å²) in [5.41, 5.74) is 3.44. The molecule has 2 rings (SSSR count). The monoisotopic (exact) mass is 294 g/mol. The minimum atomic E-state index is 0.609. The molecule has 1 N–H and O–H groups in total. The van der Waals surface area contributed by atoms with Crippen LogP contribution in [0.1, 0.15) is 11.1 Å². The molecule has 0 aliphatic rings. The van der Waals surface area contributed by atoms with Crippen LogP contribution in [0.3, 0.4) is 0 Å². The lowest BCUT2D eigenvalue weighted by Crippen LogP contribution is -1.86. The summed E-state index contributed by atoms with van der Waals surface area (Å²) in [5.74, 6) is 0. The molecule has 0 saturated carbocycles. The molecule has 4 heteroatoms. The summed E-state index contributed by atoms with van der Waals surface area (Å²) in [5, 5.41) is 9.69. The molecular weight excluding hydrogens is 288 g/mol. The number of aryl methyl sites for hydroxylation is 1. The van der Waals surface area contributed by atoms with E-state index in [4.69, 9.17) is 16.9 Å². The van der Waals surface area contributed by atoms with Crippen molar-refractivity contribution in [2.75, 3.05) is 0 Å². The van der Waals surface area contributed by atoms with Gasteiger partial charge in [-0.3, -0.25) is 0 Å². The van der Waals surface area contributed by atoms with Crippen molar-refractivity contribution in [1.82, 2.24) is 4.98 Å². The predicted molar refractivity (Wildman–Crippen MR) is 68.4 cm³/mol. The van der Waals surface area contributed by atoms with E-state index in [1.54, 1.807) is 6.07 Å². The van der Waals surface area contributed by atoms with Gasteiger partial charge in [0.1, 0.15) is 6.07 Å². The van der Waals surface area contributed by atoms with Crippen molar-refractivity contribution in [2.45, 2.75) is 6.92 Å². The van der Waals surface area contributed by atoms with Crippen LogP contribution in [0.2, 0.25) is 5.02 Å². The highest BCUT2D eigenvalue weighted by Crippen LogP contribution is 2.30. The van der Waals surface area contributed by atoms with Gasteiger partial charge in [-0.25, -0.2) is 0 Å². The molecule has 1 aromatic carbocycles. The average Bonchev–Trinajstić information content (AvgIpc) is 2.63. The van der Waals surface area contributed by atoms with Crippen LogP contribution in [0.5, 0.6) is 0 Å². The Balaban J connectivity index is 2.67. The van der Waals surface area contributed by atoms with Crippen molar-refractivity contribution in [3.05, 3.63) is 45.0 Å². The third-order valence-corrected chi connectivity index (χ3v) is 3.04. The first-order valence-electron chi connectivity index (χ1n) is 4.67. The average molecular weight is 296 g/mol. The number of aromatic amines is 1. The third kappa shape index (κ3) is 1.99. The minimum absolute atomic E-state index is 0.609. The van der Waals surface area contributed by atoms with Crippen LogP contribution in [0.25, 0.3) is 11.3 Å². The Morgan fingerprint density at radius 2 is 2.12 bits per heavy atom. The molecule has 0 radical (unpaired) electrons. The summed E-state index contributed by atoms with van der Waals surface area (Å²) < 4.78 is 0.790. The van der Waals surface area contributed by atoms with E-state index in [9.17, 15) is 0 Å². The number of nitrogens with one attached hydrogen (secondary N) is 1. The van der Waals surface area contributed by atoms with Gasteiger partial charge in [-0.2, -0.15) is 5.26 Å². The number of halogens is 2. The second kappa shape index (κ2) is 4.32. The Bertz CT molecular complexity index is 581. The quantitative estimate of drug-likeness (QED) is 0.838. The lowest BCUT2D eigenvalue weighted by atomic mass is 10.0. The van der Waals surface area contributed by atoms with Crippen molar-refractivity contribution in [3.8, 4) is 17.3 Å². The highest BCUT2D eigenvalue weighted by atomic mass is 79.9. The van der Waals surface area contributed by atoms with Crippen LogP contribution in [0.15, 0.2) is 28.9 Å². The van der Waals surface area contributed by atoms with Gasteiger partial charge in [0.15, 0.2) is 0 Å². The Kier molecular flexibility index (Phi) is 3.04. The molecular formula is C12H8BrClN2. The zero-order valence-electron chi connectivity index (χ0n) is 8.51. The van der Waals surface area contributed by atoms with Gasteiger partial charge in [0.2, 0.25) is 0 Å². The highest BCUT2D eigenvalue weighted by Gasteiger charge is 2.11. The first kappa shape index (κ1) is 11.3. The SMILES string of the molecule is Cc1ccc(Cl)cc1-c1[nH]c(Br)cc1C#N. The van der Waals surface area contributed by atoms with Crippen molar-refractivity contribution in [3.63, 3.8) is 0 Å². The molecule has 0 fully saturated rings. The second-order valence-corrected chi connectivity index (χ2v) is 4.77. The number of nitriles is 1. The van der Waals surface area contributed by atoms with Gasteiger partial charge in [-0.1, -0.05) is 17.7 Å². The van der Waals surface area contributed by atoms with E-state index in [1.165, 1.54) is 0 Å². The van der Waals surface area contributed by atoms with E-state index in [0.29, 0.717) is 10.6 Å². The van der Waals surface area contributed by atoms with Crippen LogP contribution in [0, 0.1) is 18.3 Å². The van der Waals surface area contributed by atoms with E-state index in [-0.39, 0.29) is 0 Å². The van der Waals surface area contributed by atoms with Crippen LogP contribution >= 0.6 is 27.5 Å². The highest BCUT2D eigenvalue weighted by molar-refractivity contribution is 9.10. The third-order valence-electron chi connectivity index (χ3n) is 2.37. The van der Waals surface area contributed by atoms with Gasteiger partial charge < -0.3 is 4.98 Å². The van der Waals surface area contributed by atoms with Crippen molar-refractivity contribution in [2.24, 2.45) is 0 Å². The molecule has 1 heterocycles. The molecule has 0 unspecified atom stereocenters. The van der Waals surface area contributed by atoms with Crippen LogP contribution < -0.4 is 0 Å². The molecule has 0 atom stereocenters. The zero-order chi connectivity index (χ0) is 11.7. The van der Waals surface area contributed by atoms with Crippen LogP contribution in [0.4, 0.5) is 0 Å². The summed E-state index contributed by atoms with van der Waals surface area (Å²) in [6.45, 7) is 1.99. The maximum absolute atomic E-state index is 9.03.